The fourth-order valence-electron chi connectivity index (χ4n) is 2.81. The van der Waals surface area contributed by atoms with Crippen molar-refractivity contribution >= 4 is 5.97 Å². The summed E-state index contributed by atoms with van der Waals surface area (Å²) in [5, 5.41) is 9.03. The fraction of sp³-hybridized carbons (Fsp3) is 0.562. The first-order valence-electron chi connectivity index (χ1n) is 7.55. The molecule has 0 bridgehead atoms. The van der Waals surface area contributed by atoms with Crippen LogP contribution in [0.25, 0.3) is 0 Å². The average Bonchev–Trinajstić information content (AvgIpc) is 2.90. The molecule has 1 fully saturated rings. The zero-order valence-corrected chi connectivity index (χ0v) is 12.8. The minimum atomic E-state index is -4.50. The summed E-state index contributed by atoms with van der Waals surface area (Å²) in [4.78, 5) is 12.6. The molecular formula is C16H20F3NO3. The summed E-state index contributed by atoms with van der Waals surface area (Å²) in [6.45, 7) is 2.45. The third kappa shape index (κ3) is 4.60. The van der Waals surface area contributed by atoms with Crippen LogP contribution in [0.4, 0.5) is 13.2 Å². The molecule has 1 aliphatic rings. The first-order valence-corrected chi connectivity index (χ1v) is 7.55. The molecule has 1 aromatic carbocycles. The predicted molar refractivity (Wildman–Crippen MR) is 78.2 cm³/mol. The Morgan fingerprint density at radius 2 is 2.13 bits per heavy atom. The minimum Gasteiger partial charge on any atom is -0.494 e. The zero-order chi connectivity index (χ0) is 17.0. The molecule has 0 amide bonds. The van der Waals surface area contributed by atoms with E-state index in [1.165, 1.54) is 4.90 Å². The highest BCUT2D eigenvalue weighted by Crippen LogP contribution is 2.38. The van der Waals surface area contributed by atoms with Crippen molar-refractivity contribution in [2.45, 2.75) is 26.1 Å². The van der Waals surface area contributed by atoms with Crippen molar-refractivity contribution in [3.05, 3.63) is 29.8 Å². The van der Waals surface area contributed by atoms with Gasteiger partial charge in [-0.15, -0.1) is 0 Å². The second-order valence-corrected chi connectivity index (χ2v) is 5.78. The van der Waals surface area contributed by atoms with Crippen LogP contribution in [0.2, 0.25) is 0 Å². The average molecular weight is 331 g/mol. The number of benzene rings is 1. The Morgan fingerprint density at radius 3 is 2.70 bits per heavy atom. The zero-order valence-electron chi connectivity index (χ0n) is 12.8. The Balaban J connectivity index is 2.05. The van der Waals surface area contributed by atoms with Gasteiger partial charge in [-0.1, -0.05) is 19.1 Å². The van der Waals surface area contributed by atoms with E-state index in [1.807, 2.05) is 6.92 Å². The lowest BCUT2D eigenvalue weighted by Gasteiger charge is -2.18. The van der Waals surface area contributed by atoms with Gasteiger partial charge in [-0.05, 0) is 24.1 Å². The van der Waals surface area contributed by atoms with E-state index >= 15 is 0 Å². The summed E-state index contributed by atoms with van der Waals surface area (Å²) in [6, 6.07) is 7.16. The van der Waals surface area contributed by atoms with Gasteiger partial charge in [0, 0.05) is 19.6 Å². The molecule has 1 N–H and O–H groups in total. The maximum atomic E-state index is 13.0. The molecule has 2 rings (SSSR count). The number of halogens is 3. The topological polar surface area (TPSA) is 49.8 Å². The van der Waals surface area contributed by atoms with Crippen molar-refractivity contribution in [1.82, 2.24) is 4.90 Å². The number of carboxylic acids is 1. The highest BCUT2D eigenvalue weighted by atomic mass is 19.4. The number of nitrogens with zero attached hydrogens (tertiary/aromatic N) is 1. The molecule has 7 heteroatoms. The molecule has 1 heterocycles. The van der Waals surface area contributed by atoms with Crippen LogP contribution in [0, 0.1) is 11.8 Å². The molecular weight excluding hydrogens is 311 g/mol. The van der Waals surface area contributed by atoms with E-state index in [-0.39, 0.29) is 19.6 Å². The van der Waals surface area contributed by atoms with Crippen LogP contribution in [0.1, 0.15) is 18.9 Å². The third-order valence-corrected chi connectivity index (χ3v) is 3.91. The van der Waals surface area contributed by atoms with Crippen molar-refractivity contribution in [3.8, 4) is 5.75 Å². The minimum absolute atomic E-state index is 0.0977. The van der Waals surface area contributed by atoms with E-state index in [1.54, 1.807) is 24.3 Å². The molecule has 0 unspecified atom stereocenters. The van der Waals surface area contributed by atoms with E-state index in [0.717, 1.165) is 12.0 Å². The number of alkyl halides is 3. The molecule has 1 aliphatic heterocycles. The van der Waals surface area contributed by atoms with Gasteiger partial charge in [-0.3, -0.25) is 9.69 Å². The maximum absolute atomic E-state index is 13.0. The van der Waals surface area contributed by atoms with Crippen molar-refractivity contribution in [1.29, 1.82) is 0 Å². The Hall–Kier alpha value is -1.76. The van der Waals surface area contributed by atoms with Crippen molar-refractivity contribution < 1.29 is 27.8 Å². The lowest BCUT2D eigenvalue weighted by molar-refractivity contribution is -0.188. The van der Waals surface area contributed by atoms with Crippen LogP contribution in [0.3, 0.4) is 0 Å². The van der Waals surface area contributed by atoms with Crippen LogP contribution >= 0.6 is 0 Å². The summed E-state index contributed by atoms with van der Waals surface area (Å²) >= 11 is 0. The highest BCUT2D eigenvalue weighted by Gasteiger charge is 2.52. The molecule has 23 heavy (non-hydrogen) atoms. The van der Waals surface area contributed by atoms with Gasteiger partial charge < -0.3 is 9.84 Å². The molecule has 1 aromatic rings. The number of carbonyl (C=O) groups is 1. The molecule has 2 atom stereocenters. The summed E-state index contributed by atoms with van der Waals surface area (Å²) in [5.74, 6) is -3.95. The molecule has 0 aliphatic carbocycles. The van der Waals surface area contributed by atoms with Gasteiger partial charge in [0.1, 0.15) is 5.75 Å². The number of rotatable bonds is 6. The number of ether oxygens (including phenoxy) is 1. The van der Waals surface area contributed by atoms with Crippen LogP contribution in [0.5, 0.6) is 5.75 Å². The van der Waals surface area contributed by atoms with Gasteiger partial charge in [0.2, 0.25) is 0 Å². The van der Waals surface area contributed by atoms with Gasteiger partial charge in [0.15, 0.2) is 0 Å². The van der Waals surface area contributed by atoms with E-state index in [2.05, 4.69) is 0 Å². The summed E-state index contributed by atoms with van der Waals surface area (Å²) in [7, 11) is 0. The summed E-state index contributed by atoms with van der Waals surface area (Å²) in [5.41, 5.74) is 0.811. The van der Waals surface area contributed by atoms with Crippen LogP contribution in [0.15, 0.2) is 24.3 Å². The Labute approximate surface area is 132 Å². The Morgan fingerprint density at radius 1 is 1.39 bits per heavy atom. The van der Waals surface area contributed by atoms with Crippen LogP contribution in [-0.4, -0.2) is 41.8 Å². The van der Waals surface area contributed by atoms with Crippen LogP contribution in [-0.2, 0) is 11.3 Å². The predicted octanol–water partition coefficient (Wildman–Crippen LogP) is 3.17. The lowest BCUT2D eigenvalue weighted by atomic mass is 9.96. The number of carboxylic acid groups (broad SMARTS) is 1. The molecule has 0 saturated carbocycles. The summed E-state index contributed by atoms with van der Waals surface area (Å²) in [6.07, 6.45) is -3.63. The number of hydrogen-bond donors (Lipinski definition) is 1. The molecule has 0 spiro atoms. The Bertz CT molecular complexity index is 548. The van der Waals surface area contributed by atoms with Crippen LogP contribution < -0.4 is 4.74 Å². The first-order chi connectivity index (χ1) is 10.8. The van der Waals surface area contributed by atoms with Gasteiger partial charge in [0.25, 0.3) is 0 Å². The SMILES string of the molecule is CCCOc1cccc(CN2C[C@@H](C(F)(F)F)[C@H](C(=O)O)C2)c1. The van der Waals surface area contributed by atoms with Gasteiger partial charge in [-0.25, -0.2) is 0 Å². The monoisotopic (exact) mass is 331 g/mol. The third-order valence-electron chi connectivity index (χ3n) is 3.91. The molecule has 4 nitrogen and oxygen atoms in total. The number of likely N-dealkylation sites (tertiary alicyclic amines) is 1. The quantitative estimate of drug-likeness (QED) is 0.870. The van der Waals surface area contributed by atoms with Crippen molar-refractivity contribution in [3.63, 3.8) is 0 Å². The second-order valence-electron chi connectivity index (χ2n) is 5.78. The van der Waals surface area contributed by atoms with E-state index in [4.69, 9.17) is 9.84 Å². The van der Waals surface area contributed by atoms with E-state index in [0.29, 0.717) is 12.4 Å². The second kappa shape index (κ2) is 7.21. The Kier molecular flexibility index (Phi) is 5.51. The highest BCUT2D eigenvalue weighted by molar-refractivity contribution is 5.71. The standard InChI is InChI=1S/C16H20F3NO3/c1-2-6-23-12-5-3-4-11(7-12)8-20-9-13(15(21)22)14(10-20)16(17,18)19/h3-5,7,13-14H,2,6,8-10H2,1H3,(H,21,22)/t13-,14-/m1/s1. The summed E-state index contributed by atoms with van der Waals surface area (Å²) < 4.78 is 44.4. The number of aliphatic carboxylic acids is 1. The lowest BCUT2D eigenvalue weighted by Crippen LogP contribution is -2.33. The van der Waals surface area contributed by atoms with Gasteiger partial charge in [-0.2, -0.15) is 13.2 Å². The fourth-order valence-corrected chi connectivity index (χ4v) is 2.81. The molecule has 128 valence electrons. The molecule has 0 aromatic heterocycles. The largest absolute Gasteiger partial charge is 0.494 e. The number of hydrogen-bond acceptors (Lipinski definition) is 3. The van der Waals surface area contributed by atoms with Gasteiger partial charge in [0.05, 0.1) is 18.4 Å². The first kappa shape index (κ1) is 17.6. The van der Waals surface area contributed by atoms with Gasteiger partial charge >= 0.3 is 12.1 Å². The smallest absolute Gasteiger partial charge is 0.393 e. The van der Waals surface area contributed by atoms with Crippen molar-refractivity contribution in [2.24, 2.45) is 11.8 Å². The van der Waals surface area contributed by atoms with Crippen molar-refractivity contribution in [2.75, 3.05) is 19.7 Å². The van der Waals surface area contributed by atoms with E-state index in [9.17, 15) is 18.0 Å². The molecule has 1 saturated heterocycles. The maximum Gasteiger partial charge on any atom is 0.393 e. The molecule has 0 radical (unpaired) electrons. The van der Waals surface area contributed by atoms with E-state index < -0.39 is 24.0 Å². The normalized spacial score (nSPS) is 22.3.